The molecule has 0 aliphatic carbocycles. The molecule has 1 fully saturated rings. The molecule has 0 bridgehead atoms. The number of carbonyl (C=O) groups excluding carboxylic acids is 3. The van der Waals surface area contributed by atoms with E-state index in [0.717, 1.165) is 33.6 Å². The number of benzene rings is 2. The molecule has 1 aliphatic rings. The van der Waals surface area contributed by atoms with E-state index in [-0.39, 0.29) is 11.4 Å². The van der Waals surface area contributed by atoms with Crippen molar-refractivity contribution in [1.29, 1.82) is 0 Å². The number of carbonyl (C=O) groups is 3. The summed E-state index contributed by atoms with van der Waals surface area (Å²) in [6, 6.07) is 16.7. The molecule has 168 valence electrons. The largest absolute Gasteiger partial charge is 0.497 e. The van der Waals surface area contributed by atoms with Gasteiger partial charge in [-0.05, 0) is 79.7 Å². The van der Waals surface area contributed by atoms with E-state index in [1.165, 1.54) is 5.56 Å². The number of hydrogen-bond acceptors (Lipinski definition) is 5. The summed E-state index contributed by atoms with van der Waals surface area (Å²) < 4.78 is 7.06. The van der Waals surface area contributed by atoms with Gasteiger partial charge in [0.05, 0.1) is 12.0 Å². The Balaban J connectivity index is 1.49. The second-order valence-corrected chi connectivity index (χ2v) is 8.63. The fourth-order valence-corrected chi connectivity index (χ4v) is 4.42. The lowest BCUT2D eigenvalue weighted by Crippen LogP contribution is -2.36. The first-order chi connectivity index (χ1) is 15.9. The normalized spacial score (nSPS) is 14.8. The summed E-state index contributed by atoms with van der Waals surface area (Å²) in [6.07, 6.45) is 3.60. The number of methoxy groups -OCH3 is 1. The Labute approximate surface area is 196 Å². The van der Waals surface area contributed by atoms with Crippen molar-refractivity contribution in [2.45, 2.75) is 13.8 Å². The van der Waals surface area contributed by atoms with Crippen molar-refractivity contribution < 1.29 is 19.1 Å². The minimum absolute atomic E-state index is 0.280. The van der Waals surface area contributed by atoms with Crippen molar-refractivity contribution in [3.05, 3.63) is 82.5 Å². The minimum Gasteiger partial charge on any atom is -0.497 e. The Morgan fingerprint density at radius 3 is 2.55 bits per heavy atom. The fraction of sp³-hybridized carbons (Fsp3) is 0.160. The van der Waals surface area contributed by atoms with E-state index in [1.54, 1.807) is 37.5 Å². The molecule has 1 N–H and O–H groups in total. The Morgan fingerprint density at radius 2 is 1.85 bits per heavy atom. The average molecular weight is 462 g/mol. The second kappa shape index (κ2) is 9.38. The van der Waals surface area contributed by atoms with E-state index in [4.69, 9.17) is 4.74 Å². The number of thioether (sulfide) groups is 1. The van der Waals surface area contributed by atoms with Crippen LogP contribution >= 0.6 is 11.8 Å². The van der Waals surface area contributed by atoms with Crippen LogP contribution in [0.5, 0.6) is 5.75 Å². The van der Waals surface area contributed by atoms with Crippen molar-refractivity contribution in [3.63, 3.8) is 0 Å². The zero-order valence-corrected chi connectivity index (χ0v) is 19.3. The molecule has 1 saturated heterocycles. The van der Waals surface area contributed by atoms with Crippen molar-refractivity contribution >= 4 is 40.6 Å². The smallest absolute Gasteiger partial charge is 0.294 e. The molecule has 0 atom stereocenters. The number of aromatic nitrogens is 1. The molecule has 3 amide bonds. The van der Waals surface area contributed by atoms with Gasteiger partial charge in [0.2, 0.25) is 5.91 Å². The Morgan fingerprint density at radius 1 is 1.09 bits per heavy atom. The molecule has 1 aliphatic heterocycles. The zero-order valence-electron chi connectivity index (χ0n) is 18.5. The highest BCUT2D eigenvalue weighted by atomic mass is 32.2. The number of rotatable bonds is 6. The highest BCUT2D eigenvalue weighted by Crippen LogP contribution is 2.33. The van der Waals surface area contributed by atoms with Gasteiger partial charge in [-0.3, -0.25) is 19.3 Å². The summed E-state index contributed by atoms with van der Waals surface area (Å²) in [7, 11) is 1.56. The number of ether oxygens (including phenoxy) is 1. The number of nitrogens with one attached hydrogen (secondary N) is 1. The highest BCUT2D eigenvalue weighted by Gasteiger charge is 2.36. The molecule has 3 aromatic rings. The van der Waals surface area contributed by atoms with Crippen LogP contribution in [0.3, 0.4) is 0 Å². The van der Waals surface area contributed by atoms with E-state index in [1.807, 2.05) is 48.9 Å². The molecule has 0 spiro atoms. The number of anilines is 1. The lowest BCUT2D eigenvalue weighted by Gasteiger charge is -2.13. The predicted octanol–water partition coefficient (Wildman–Crippen LogP) is 4.78. The van der Waals surface area contributed by atoms with Crippen molar-refractivity contribution in [2.24, 2.45) is 0 Å². The van der Waals surface area contributed by atoms with Gasteiger partial charge in [0.25, 0.3) is 11.1 Å². The first-order valence-corrected chi connectivity index (χ1v) is 11.1. The van der Waals surface area contributed by atoms with Gasteiger partial charge in [-0.1, -0.05) is 17.7 Å². The van der Waals surface area contributed by atoms with E-state index in [9.17, 15) is 14.4 Å². The molecule has 8 heteroatoms. The molecule has 2 aromatic carbocycles. The van der Waals surface area contributed by atoms with Crippen LogP contribution < -0.4 is 10.1 Å². The lowest BCUT2D eigenvalue weighted by atomic mass is 10.1. The summed E-state index contributed by atoms with van der Waals surface area (Å²) in [5, 5.41) is 2.22. The summed E-state index contributed by atoms with van der Waals surface area (Å²) in [5.41, 5.74) is 4.59. The third-order valence-corrected chi connectivity index (χ3v) is 6.13. The van der Waals surface area contributed by atoms with Crippen LogP contribution in [0.4, 0.5) is 10.5 Å². The van der Waals surface area contributed by atoms with Gasteiger partial charge in [0, 0.05) is 23.3 Å². The van der Waals surface area contributed by atoms with Gasteiger partial charge >= 0.3 is 0 Å². The molecule has 1 aromatic heterocycles. The molecule has 4 rings (SSSR count). The van der Waals surface area contributed by atoms with Crippen LogP contribution in [0, 0.1) is 13.8 Å². The topological polar surface area (TPSA) is 80.6 Å². The number of hydrogen-bond donors (Lipinski definition) is 1. The predicted molar refractivity (Wildman–Crippen MR) is 130 cm³/mol. The first-order valence-electron chi connectivity index (χ1n) is 10.3. The SMILES string of the molecule is COc1ccc(NC(=O)CN2C(=O)SC(=Cc3cccn3-c3ccc(C)cc3C)C2=O)cc1. The quantitative estimate of drug-likeness (QED) is 0.535. The van der Waals surface area contributed by atoms with Gasteiger partial charge in [0.15, 0.2) is 0 Å². The number of aryl methyl sites for hydroxylation is 2. The van der Waals surface area contributed by atoms with E-state index in [2.05, 4.69) is 11.4 Å². The van der Waals surface area contributed by atoms with E-state index in [0.29, 0.717) is 11.4 Å². The maximum atomic E-state index is 12.9. The van der Waals surface area contributed by atoms with Gasteiger partial charge in [0.1, 0.15) is 12.3 Å². The van der Waals surface area contributed by atoms with Crippen molar-refractivity contribution in [2.75, 3.05) is 19.0 Å². The van der Waals surface area contributed by atoms with Crippen molar-refractivity contribution in [1.82, 2.24) is 9.47 Å². The second-order valence-electron chi connectivity index (χ2n) is 7.64. The van der Waals surface area contributed by atoms with Crippen LogP contribution in [0.2, 0.25) is 0 Å². The molecule has 0 unspecified atom stereocenters. The monoisotopic (exact) mass is 461 g/mol. The lowest BCUT2D eigenvalue weighted by molar-refractivity contribution is -0.127. The average Bonchev–Trinajstić information content (AvgIpc) is 3.34. The Hall–Kier alpha value is -3.78. The third-order valence-electron chi connectivity index (χ3n) is 5.22. The number of amides is 3. The third kappa shape index (κ3) is 4.85. The number of nitrogens with zero attached hydrogens (tertiary/aromatic N) is 2. The first kappa shape index (κ1) is 22.4. The van der Waals surface area contributed by atoms with Crippen LogP contribution in [0.15, 0.2) is 65.7 Å². The fourth-order valence-electron chi connectivity index (χ4n) is 3.60. The molecular formula is C25H23N3O4S. The zero-order chi connectivity index (χ0) is 23.5. The highest BCUT2D eigenvalue weighted by molar-refractivity contribution is 8.18. The van der Waals surface area contributed by atoms with Crippen LogP contribution in [0.1, 0.15) is 16.8 Å². The van der Waals surface area contributed by atoms with E-state index >= 15 is 0 Å². The summed E-state index contributed by atoms with van der Waals surface area (Å²) in [5.74, 6) is -0.278. The minimum atomic E-state index is -0.483. The van der Waals surface area contributed by atoms with Crippen LogP contribution in [-0.2, 0) is 9.59 Å². The van der Waals surface area contributed by atoms with Crippen LogP contribution in [0.25, 0.3) is 11.8 Å². The van der Waals surface area contributed by atoms with Gasteiger partial charge in [-0.2, -0.15) is 0 Å². The van der Waals surface area contributed by atoms with Gasteiger partial charge in [-0.25, -0.2) is 0 Å². The summed E-state index contributed by atoms with van der Waals surface area (Å²) in [4.78, 5) is 39.0. The van der Waals surface area contributed by atoms with Gasteiger partial charge in [-0.15, -0.1) is 0 Å². The maximum Gasteiger partial charge on any atom is 0.294 e. The molecule has 2 heterocycles. The summed E-state index contributed by atoms with van der Waals surface area (Å²) in [6.45, 7) is 3.71. The van der Waals surface area contributed by atoms with Crippen LogP contribution in [-0.4, -0.2) is 40.2 Å². The summed E-state index contributed by atoms with van der Waals surface area (Å²) >= 11 is 0.832. The molecule has 0 saturated carbocycles. The number of imide groups is 1. The van der Waals surface area contributed by atoms with Crippen molar-refractivity contribution in [3.8, 4) is 11.4 Å². The van der Waals surface area contributed by atoms with E-state index < -0.39 is 17.1 Å². The Bertz CT molecular complexity index is 1260. The standard InChI is InChI=1S/C25H23N3O4S/c1-16-6-11-21(17(2)13-16)27-12-4-5-19(27)14-22-24(30)28(25(31)33-22)15-23(29)26-18-7-9-20(32-3)10-8-18/h4-14H,15H2,1-3H3,(H,26,29). The molecule has 0 radical (unpaired) electrons. The maximum absolute atomic E-state index is 12.9. The Kier molecular flexibility index (Phi) is 6.37. The molecular weight excluding hydrogens is 438 g/mol. The molecule has 33 heavy (non-hydrogen) atoms. The molecule has 7 nitrogen and oxygen atoms in total. The van der Waals surface area contributed by atoms with Gasteiger partial charge < -0.3 is 14.6 Å².